The van der Waals surface area contributed by atoms with Gasteiger partial charge in [0, 0.05) is 48.6 Å². The maximum Gasteiger partial charge on any atom is 0.307 e. The number of Topliss-reactive ketones (excluding diaryl/α,β-unsaturated/α-hetero) is 1. The third-order valence-electron chi connectivity index (χ3n) is 5.12. The van der Waals surface area contributed by atoms with Gasteiger partial charge in [-0.1, -0.05) is 11.3 Å². The number of methoxy groups -OCH3 is 1. The topological polar surface area (TPSA) is 68.6 Å². The molecule has 0 unspecified atom stereocenters. The van der Waals surface area contributed by atoms with Crippen molar-refractivity contribution in [1.82, 2.24) is 9.47 Å². The number of hydrogen-bond acceptors (Lipinski definition) is 5. The van der Waals surface area contributed by atoms with E-state index in [1.54, 1.807) is 35.9 Å². The summed E-state index contributed by atoms with van der Waals surface area (Å²) in [4.78, 5) is 38.6. The molecular formula is C20H24N2O4S. The second kappa shape index (κ2) is 8.52. The Hall–Kier alpha value is -2.41. The van der Waals surface area contributed by atoms with Gasteiger partial charge < -0.3 is 14.2 Å². The zero-order chi connectivity index (χ0) is 19.4. The number of likely N-dealkylation sites (tertiary alicyclic amines) is 1. The van der Waals surface area contributed by atoms with Gasteiger partial charge in [-0.05, 0) is 44.0 Å². The molecule has 0 radical (unpaired) electrons. The van der Waals surface area contributed by atoms with E-state index in [4.69, 9.17) is 4.74 Å². The number of carbonyl (C=O) groups is 2. The Morgan fingerprint density at radius 3 is 2.41 bits per heavy atom. The minimum atomic E-state index is -0.0517. The zero-order valence-corrected chi connectivity index (χ0v) is 16.5. The number of hydrogen-bond donors (Lipinski definition) is 0. The number of ketones is 1. The summed E-state index contributed by atoms with van der Waals surface area (Å²) in [7, 11) is 1.60. The number of carbonyl (C=O) groups excluding carboxylic acids is 2. The normalized spacial score (nSPS) is 15.0. The smallest absolute Gasteiger partial charge is 0.307 e. The fraction of sp³-hybridized carbons (Fsp3) is 0.450. The van der Waals surface area contributed by atoms with Crippen LogP contribution in [0.15, 0.2) is 34.4 Å². The van der Waals surface area contributed by atoms with Crippen molar-refractivity contribution >= 4 is 23.0 Å². The maximum absolute atomic E-state index is 12.7. The van der Waals surface area contributed by atoms with E-state index in [9.17, 15) is 14.4 Å². The molecule has 1 aromatic heterocycles. The van der Waals surface area contributed by atoms with Crippen molar-refractivity contribution in [2.45, 2.75) is 32.7 Å². The van der Waals surface area contributed by atoms with Crippen LogP contribution in [0.5, 0.6) is 5.75 Å². The summed E-state index contributed by atoms with van der Waals surface area (Å²) in [6, 6.07) is 7.17. The summed E-state index contributed by atoms with van der Waals surface area (Å²) >= 11 is 1.16. The Labute approximate surface area is 162 Å². The van der Waals surface area contributed by atoms with Crippen LogP contribution in [0.2, 0.25) is 0 Å². The van der Waals surface area contributed by atoms with Crippen LogP contribution in [0, 0.1) is 12.8 Å². The monoisotopic (exact) mass is 388 g/mol. The van der Waals surface area contributed by atoms with Gasteiger partial charge >= 0.3 is 4.87 Å². The second-order valence-corrected chi connectivity index (χ2v) is 7.61. The summed E-state index contributed by atoms with van der Waals surface area (Å²) in [6.07, 6.45) is 1.66. The van der Waals surface area contributed by atoms with E-state index in [0.29, 0.717) is 44.5 Å². The van der Waals surface area contributed by atoms with Gasteiger partial charge in [0.15, 0.2) is 5.78 Å². The van der Waals surface area contributed by atoms with Crippen LogP contribution in [0.3, 0.4) is 0 Å². The van der Waals surface area contributed by atoms with Gasteiger partial charge in [0.1, 0.15) is 5.75 Å². The van der Waals surface area contributed by atoms with E-state index >= 15 is 0 Å². The number of piperidine rings is 1. The molecule has 1 amide bonds. The van der Waals surface area contributed by atoms with Crippen molar-refractivity contribution in [1.29, 1.82) is 0 Å². The number of thiazole rings is 1. The molecule has 2 aromatic rings. The van der Waals surface area contributed by atoms with Crippen molar-refractivity contribution in [2.75, 3.05) is 20.2 Å². The van der Waals surface area contributed by atoms with Gasteiger partial charge in [-0.25, -0.2) is 0 Å². The molecule has 0 N–H and O–H groups in total. The van der Waals surface area contributed by atoms with E-state index in [0.717, 1.165) is 22.8 Å². The Kier molecular flexibility index (Phi) is 6.11. The molecule has 1 fully saturated rings. The predicted octanol–water partition coefficient (Wildman–Crippen LogP) is 2.74. The Balaban J connectivity index is 1.51. The van der Waals surface area contributed by atoms with Crippen LogP contribution < -0.4 is 9.61 Å². The van der Waals surface area contributed by atoms with E-state index in [1.807, 2.05) is 17.2 Å². The van der Waals surface area contributed by atoms with E-state index in [1.165, 1.54) is 0 Å². The zero-order valence-electron chi connectivity index (χ0n) is 15.6. The number of ether oxygens (including phenoxy) is 1. The molecule has 7 heteroatoms. The largest absolute Gasteiger partial charge is 0.497 e. The van der Waals surface area contributed by atoms with E-state index in [2.05, 4.69) is 0 Å². The van der Waals surface area contributed by atoms with Crippen molar-refractivity contribution in [3.63, 3.8) is 0 Å². The molecule has 1 aliphatic heterocycles. The lowest BCUT2D eigenvalue weighted by Crippen LogP contribution is -2.40. The molecule has 1 aliphatic rings. The number of aromatic nitrogens is 1. The highest BCUT2D eigenvalue weighted by molar-refractivity contribution is 7.07. The molecule has 0 aliphatic carbocycles. The van der Waals surface area contributed by atoms with Crippen molar-refractivity contribution in [3.8, 4) is 5.75 Å². The van der Waals surface area contributed by atoms with Gasteiger partial charge in [-0.2, -0.15) is 0 Å². The first kappa shape index (κ1) is 19.4. The minimum Gasteiger partial charge on any atom is -0.497 e. The van der Waals surface area contributed by atoms with Crippen LogP contribution in [0.4, 0.5) is 0 Å². The highest BCUT2D eigenvalue weighted by Gasteiger charge is 2.27. The highest BCUT2D eigenvalue weighted by Crippen LogP contribution is 2.23. The third kappa shape index (κ3) is 4.47. The summed E-state index contributed by atoms with van der Waals surface area (Å²) in [5.74, 6) is 0.851. The van der Waals surface area contributed by atoms with Crippen LogP contribution in [0.25, 0.3) is 0 Å². The fourth-order valence-corrected chi connectivity index (χ4v) is 4.18. The Bertz CT molecular complexity index is 861. The summed E-state index contributed by atoms with van der Waals surface area (Å²) in [5.41, 5.74) is 1.58. The lowest BCUT2D eigenvalue weighted by molar-refractivity contribution is -0.132. The predicted molar refractivity (Wildman–Crippen MR) is 105 cm³/mol. The summed E-state index contributed by atoms with van der Waals surface area (Å²) < 4.78 is 6.76. The average molecular weight is 388 g/mol. The molecule has 0 saturated carbocycles. The SMILES string of the molecule is COc1ccc(C(=O)C2CCN(C(=O)CCn3c(C)csc3=O)CC2)cc1. The molecule has 144 valence electrons. The van der Waals surface area contributed by atoms with Crippen LogP contribution in [0.1, 0.15) is 35.3 Å². The van der Waals surface area contributed by atoms with E-state index < -0.39 is 0 Å². The highest BCUT2D eigenvalue weighted by atomic mass is 32.1. The van der Waals surface area contributed by atoms with E-state index in [-0.39, 0.29) is 22.5 Å². The van der Waals surface area contributed by atoms with Crippen LogP contribution in [-0.2, 0) is 11.3 Å². The summed E-state index contributed by atoms with van der Waals surface area (Å²) in [5, 5.41) is 1.81. The molecule has 3 rings (SSSR count). The van der Waals surface area contributed by atoms with Gasteiger partial charge in [0.05, 0.1) is 7.11 Å². The molecule has 6 nitrogen and oxygen atoms in total. The number of nitrogens with zero attached hydrogens (tertiary/aromatic N) is 2. The first-order chi connectivity index (χ1) is 13.0. The lowest BCUT2D eigenvalue weighted by Gasteiger charge is -2.31. The number of rotatable bonds is 6. The Morgan fingerprint density at radius 2 is 1.85 bits per heavy atom. The lowest BCUT2D eigenvalue weighted by atomic mass is 9.89. The first-order valence-corrected chi connectivity index (χ1v) is 9.98. The van der Waals surface area contributed by atoms with Crippen molar-refractivity contribution in [2.24, 2.45) is 5.92 Å². The second-order valence-electron chi connectivity index (χ2n) is 6.79. The third-order valence-corrected chi connectivity index (χ3v) is 6.00. The molecule has 2 heterocycles. The van der Waals surface area contributed by atoms with Gasteiger partial charge in [-0.3, -0.25) is 14.4 Å². The van der Waals surface area contributed by atoms with Crippen LogP contribution >= 0.6 is 11.3 Å². The van der Waals surface area contributed by atoms with Gasteiger partial charge in [0.2, 0.25) is 5.91 Å². The quantitative estimate of drug-likeness (QED) is 0.714. The number of amides is 1. The van der Waals surface area contributed by atoms with Crippen molar-refractivity contribution < 1.29 is 14.3 Å². The van der Waals surface area contributed by atoms with Crippen molar-refractivity contribution in [3.05, 3.63) is 50.6 Å². The molecular weight excluding hydrogens is 364 g/mol. The summed E-state index contributed by atoms with van der Waals surface area (Å²) in [6.45, 7) is 3.46. The molecule has 1 saturated heterocycles. The molecule has 1 aromatic carbocycles. The Morgan fingerprint density at radius 1 is 1.19 bits per heavy atom. The molecule has 0 bridgehead atoms. The average Bonchev–Trinajstić information content (AvgIpc) is 3.03. The standard InChI is InChI=1S/C20H24N2O4S/c1-14-13-27-20(25)22(14)12-9-18(23)21-10-7-16(8-11-21)19(24)15-3-5-17(26-2)6-4-15/h3-6,13,16H,7-12H2,1-2H3. The molecule has 0 spiro atoms. The van der Waals surface area contributed by atoms with Gasteiger partial charge in [-0.15, -0.1) is 0 Å². The number of aryl methyl sites for hydroxylation is 1. The maximum atomic E-state index is 12.7. The molecule has 0 atom stereocenters. The van der Waals surface area contributed by atoms with Crippen LogP contribution in [-0.4, -0.2) is 41.4 Å². The van der Waals surface area contributed by atoms with Gasteiger partial charge in [0.25, 0.3) is 0 Å². The molecule has 27 heavy (non-hydrogen) atoms. The minimum absolute atomic E-state index is 0.0240. The number of benzene rings is 1. The first-order valence-electron chi connectivity index (χ1n) is 9.10. The fourth-order valence-electron chi connectivity index (χ4n) is 3.42.